The molecular formula is C24H23FN6O2S2. The van der Waals surface area contributed by atoms with Gasteiger partial charge in [0.25, 0.3) is 11.5 Å². The Morgan fingerprint density at radius 1 is 1.23 bits per heavy atom. The number of rotatable bonds is 5. The van der Waals surface area contributed by atoms with E-state index in [1.165, 1.54) is 35.0 Å². The highest BCUT2D eigenvalue weighted by molar-refractivity contribution is 7.99. The molecule has 0 saturated heterocycles. The lowest BCUT2D eigenvalue weighted by Gasteiger charge is -2.22. The maximum atomic E-state index is 13.5. The molecule has 3 aromatic heterocycles. The summed E-state index contributed by atoms with van der Waals surface area (Å²) >= 11 is 2.80. The van der Waals surface area contributed by atoms with Gasteiger partial charge in [-0.1, -0.05) is 50.7 Å². The second kappa shape index (κ2) is 9.04. The van der Waals surface area contributed by atoms with Crippen LogP contribution in [0.5, 0.6) is 0 Å². The van der Waals surface area contributed by atoms with Crippen molar-refractivity contribution in [3.63, 3.8) is 0 Å². The zero-order valence-corrected chi connectivity index (χ0v) is 21.0. The van der Waals surface area contributed by atoms with Crippen LogP contribution in [0.4, 0.5) is 4.39 Å². The topological polar surface area (TPSA) is 95.7 Å². The minimum atomic E-state index is -0.337. The fourth-order valence-electron chi connectivity index (χ4n) is 4.02. The lowest BCUT2D eigenvalue weighted by Crippen LogP contribution is -2.28. The first-order valence-corrected chi connectivity index (χ1v) is 12.9. The van der Waals surface area contributed by atoms with Crippen LogP contribution < -0.4 is 5.56 Å². The lowest BCUT2D eigenvalue weighted by atomic mass is 9.92. The van der Waals surface area contributed by atoms with Crippen molar-refractivity contribution < 1.29 is 9.18 Å². The first-order valence-electron chi connectivity index (χ1n) is 11.0. The largest absolute Gasteiger partial charge is 0.291 e. The summed E-state index contributed by atoms with van der Waals surface area (Å²) in [5, 5.41) is 16.9. The van der Waals surface area contributed by atoms with E-state index in [1.807, 2.05) is 38.3 Å². The van der Waals surface area contributed by atoms with E-state index in [4.69, 9.17) is 0 Å². The van der Waals surface area contributed by atoms with Crippen LogP contribution in [0.1, 0.15) is 49.4 Å². The van der Waals surface area contributed by atoms with Crippen molar-refractivity contribution in [3.8, 4) is 0 Å². The molecule has 0 saturated carbocycles. The van der Waals surface area contributed by atoms with Gasteiger partial charge >= 0.3 is 0 Å². The number of fused-ring (bicyclic) bond motifs is 1. The summed E-state index contributed by atoms with van der Waals surface area (Å²) in [6.07, 6.45) is 0.547. The number of thiophene rings is 1. The van der Waals surface area contributed by atoms with Crippen molar-refractivity contribution in [3.05, 3.63) is 80.2 Å². The number of amides is 1. The molecule has 35 heavy (non-hydrogen) atoms. The van der Waals surface area contributed by atoms with Gasteiger partial charge in [0.05, 0.1) is 22.4 Å². The molecule has 0 radical (unpaired) electrons. The molecule has 1 atom stereocenters. The van der Waals surface area contributed by atoms with Gasteiger partial charge in [0.2, 0.25) is 5.78 Å². The number of hydrogen-bond donors (Lipinski definition) is 1. The van der Waals surface area contributed by atoms with E-state index in [-0.39, 0.29) is 34.5 Å². The number of hydrazone groups is 1. The van der Waals surface area contributed by atoms with Crippen molar-refractivity contribution in [2.45, 2.75) is 43.8 Å². The molecule has 1 aliphatic rings. The summed E-state index contributed by atoms with van der Waals surface area (Å²) in [5.41, 5.74) is 1.81. The molecule has 11 heteroatoms. The minimum Gasteiger partial charge on any atom is -0.291 e. The summed E-state index contributed by atoms with van der Waals surface area (Å²) < 4.78 is 15.3. The van der Waals surface area contributed by atoms with Crippen molar-refractivity contribution >= 4 is 40.5 Å². The molecular weight excluding hydrogens is 487 g/mol. The van der Waals surface area contributed by atoms with Gasteiger partial charge in [-0.3, -0.25) is 19.0 Å². The summed E-state index contributed by atoms with van der Waals surface area (Å²) in [6.45, 7) is 6.00. The van der Waals surface area contributed by atoms with E-state index in [0.717, 1.165) is 21.8 Å². The maximum Gasteiger partial charge on any atom is 0.253 e. The summed E-state index contributed by atoms with van der Waals surface area (Å²) in [6, 6.07) is 11.3. The van der Waals surface area contributed by atoms with Crippen LogP contribution in [0, 0.1) is 5.82 Å². The average molecular weight is 511 g/mol. The molecule has 4 heterocycles. The number of H-pyrrole nitrogens is 1. The highest BCUT2D eigenvalue weighted by Gasteiger charge is 2.34. The molecule has 1 unspecified atom stereocenters. The van der Waals surface area contributed by atoms with Gasteiger partial charge in [0.1, 0.15) is 5.82 Å². The van der Waals surface area contributed by atoms with Gasteiger partial charge in [-0.25, -0.2) is 9.40 Å². The fraction of sp³-hybridized carbons (Fsp3) is 0.292. The first-order chi connectivity index (χ1) is 16.7. The van der Waals surface area contributed by atoms with E-state index in [9.17, 15) is 14.0 Å². The van der Waals surface area contributed by atoms with Crippen LogP contribution in [-0.4, -0.2) is 42.0 Å². The van der Waals surface area contributed by atoms with E-state index in [0.29, 0.717) is 17.4 Å². The summed E-state index contributed by atoms with van der Waals surface area (Å²) in [7, 11) is 0. The van der Waals surface area contributed by atoms with Gasteiger partial charge in [-0.05, 0) is 29.1 Å². The molecule has 0 fully saturated rings. The standard InChI is InChI=1S/C24H23FN6O2S2/c1-24(2,3)19-12-20(32)26-22-27-28-23(30(19)22)35-13-21(33)31-17(14-6-8-15(25)9-7-14)11-16(29-31)18-5-4-10-34-18/h4-10,12,17H,11,13H2,1-3H3,(H,26,27,32). The third kappa shape index (κ3) is 4.65. The van der Waals surface area contributed by atoms with Gasteiger partial charge in [-0.2, -0.15) is 5.10 Å². The Balaban J connectivity index is 1.43. The third-order valence-corrected chi connectivity index (χ3v) is 7.53. The van der Waals surface area contributed by atoms with E-state index < -0.39 is 0 Å². The molecule has 1 aromatic carbocycles. The van der Waals surface area contributed by atoms with Crippen LogP contribution in [0.25, 0.3) is 5.78 Å². The highest BCUT2D eigenvalue weighted by atomic mass is 32.2. The zero-order chi connectivity index (χ0) is 24.7. The number of aromatic amines is 1. The molecule has 8 nitrogen and oxygen atoms in total. The Bertz CT molecular complexity index is 1470. The van der Waals surface area contributed by atoms with Gasteiger partial charge < -0.3 is 0 Å². The van der Waals surface area contributed by atoms with Crippen molar-refractivity contribution in [1.82, 2.24) is 24.6 Å². The van der Waals surface area contributed by atoms with Crippen molar-refractivity contribution in [2.24, 2.45) is 5.10 Å². The predicted molar refractivity (Wildman–Crippen MR) is 134 cm³/mol. The van der Waals surface area contributed by atoms with Gasteiger partial charge in [0.15, 0.2) is 5.16 Å². The molecule has 1 aliphatic heterocycles. The number of nitrogens with one attached hydrogen (secondary N) is 1. The fourth-order valence-corrected chi connectivity index (χ4v) is 5.54. The van der Waals surface area contributed by atoms with Crippen molar-refractivity contribution in [2.75, 3.05) is 5.75 Å². The van der Waals surface area contributed by atoms with E-state index in [1.54, 1.807) is 27.9 Å². The van der Waals surface area contributed by atoms with Crippen LogP contribution in [0.3, 0.4) is 0 Å². The Labute approximate surface area is 208 Å². The number of benzene rings is 1. The SMILES string of the molecule is CC(C)(C)c1cc(=O)[nH]c2nnc(SCC(=O)N3N=C(c4cccs4)CC3c3ccc(F)cc3)n12. The molecule has 1 amide bonds. The molecule has 5 rings (SSSR count). The number of aromatic nitrogens is 4. The Hall–Kier alpha value is -3.31. The number of halogens is 1. The number of nitrogens with zero attached hydrogens (tertiary/aromatic N) is 5. The van der Waals surface area contributed by atoms with E-state index in [2.05, 4.69) is 20.3 Å². The maximum absolute atomic E-state index is 13.5. The smallest absolute Gasteiger partial charge is 0.253 e. The molecule has 0 aliphatic carbocycles. The highest BCUT2D eigenvalue weighted by Crippen LogP contribution is 2.35. The zero-order valence-electron chi connectivity index (χ0n) is 19.4. The molecule has 1 N–H and O–H groups in total. The number of thioether (sulfide) groups is 1. The van der Waals surface area contributed by atoms with Crippen LogP contribution in [0.2, 0.25) is 0 Å². The second-order valence-electron chi connectivity index (χ2n) is 9.23. The monoisotopic (exact) mass is 510 g/mol. The number of carbonyl (C=O) groups excluding carboxylic acids is 1. The lowest BCUT2D eigenvalue weighted by molar-refractivity contribution is -0.130. The Morgan fingerprint density at radius 3 is 2.69 bits per heavy atom. The quantitative estimate of drug-likeness (QED) is 0.402. The van der Waals surface area contributed by atoms with Gasteiger partial charge in [0, 0.05) is 23.6 Å². The number of hydrogen-bond acceptors (Lipinski definition) is 7. The summed E-state index contributed by atoms with van der Waals surface area (Å²) in [4.78, 5) is 29.2. The molecule has 0 spiro atoms. The van der Waals surface area contributed by atoms with Crippen LogP contribution in [0.15, 0.2) is 62.9 Å². The van der Waals surface area contributed by atoms with Crippen LogP contribution >= 0.6 is 23.1 Å². The third-order valence-electron chi connectivity index (χ3n) is 5.70. The normalized spacial score (nSPS) is 16.2. The molecule has 0 bridgehead atoms. The number of carbonyl (C=O) groups is 1. The molecule has 4 aromatic rings. The summed E-state index contributed by atoms with van der Waals surface area (Å²) in [5.74, 6) is -0.122. The van der Waals surface area contributed by atoms with Crippen LogP contribution in [-0.2, 0) is 10.2 Å². The second-order valence-corrected chi connectivity index (χ2v) is 11.1. The van der Waals surface area contributed by atoms with Crippen molar-refractivity contribution in [1.29, 1.82) is 0 Å². The first kappa shape index (κ1) is 23.4. The Morgan fingerprint density at radius 2 is 2.00 bits per heavy atom. The van der Waals surface area contributed by atoms with Gasteiger partial charge in [-0.15, -0.1) is 21.5 Å². The van der Waals surface area contributed by atoms with E-state index >= 15 is 0 Å². The molecule has 180 valence electrons. The minimum absolute atomic E-state index is 0.0718. The Kier molecular flexibility index (Phi) is 6.06. The predicted octanol–water partition coefficient (Wildman–Crippen LogP) is 4.39. The average Bonchev–Trinajstić information content (AvgIpc) is 3.56.